The van der Waals surface area contributed by atoms with E-state index in [9.17, 15) is 19.2 Å². The van der Waals surface area contributed by atoms with Crippen LogP contribution in [0.25, 0.3) is 16.6 Å². The summed E-state index contributed by atoms with van der Waals surface area (Å²) in [5.74, 6) is -0.810. The fourth-order valence-electron chi connectivity index (χ4n) is 2.87. The minimum Gasteiger partial charge on any atom is -0.368 e. The third-order valence-electron chi connectivity index (χ3n) is 4.14. The van der Waals surface area contributed by atoms with Crippen molar-refractivity contribution in [1.29, 1.82) is 0 Å². The van der Waals surface area contributed by atoms with Crippen LogP contribution in [0.5, 0.6) is 0 Å². The van der Waals surface area contributed by atoms with Crippen molar-refractivity contribution in [2.45, 2.75) is 20.4 Å². The summed E-state index contributed by atoms with van der Waals surface area (Å²) in [7, 11) is 0. The maximum atomic E-state index is 12.9. The first-order valence-corrected chi connectivity index (χ1v) is 7.95. The third-order valence-corrected chi connectivity index (χ3v) is 4.14. The number of Topliss-reactive ketones (excluding diaryl/α,β-unsaturated/α-hetero) is 1. The van der Waals surface area contributed by atoms with Crippen LogP contribution in [0.1, 0.15) is 22.8 Å². The van der Waals surface area contributed by atoms with E-state index in [1.54, 1.807) is 30.3 Å². The Morgan fingerprint density at radius 1 is 1.04 bits per heavy atom. The van der Waals surface area contributed by atoms with Gasteiger partial charge in [0.25, 0.3) is 5.56 Å². The number of hydrogen-bond donors (Lipinski definition) is 1. The predicted octanol–water partition coefficient (Wildman–Crippen LogP) is 1.15. The molecule has 2 aromatic carbocycles. The van der Waals surface area contributed by atoms with E-state index in [4.69, 9.17) is 5.73 Å². The highest BCUT2D eigenvalue weighted by atomic mass is 16.2. The van der Waals surface area contributed by atoms with E-state index < -0.39 is 17.2 Å². The van der Waals surface area contributed by atoms with E-state index in [1.165, 1.54) is 23.6 Å². The number of amides is 1. The fourth-order valence-corrected chi connectivity index (χ4v) is 2.87. The number of rotatable bonds is 4. The van der Waals surface area contributed by atoms with Crippen LogP contribution in [0.2, 0.25) is 0 Å². The van der Waals surface area contributed by atoms with Gasteiger partial charge >= 0.3 is 5.69 Å². The summed E-state index contributed by atoms with van der Waals surface area (Å²) in [5.41, 5.74) is 6.08. The minimum absolute atomic E-state index is 0.121. The van der Waals surface area contributed by atoms with Crippen molar-refractivity contribution in [1.82, 2.24) is 9.13 Å². The molecule has 0 unspecified atom stereocenters. The number of primary amides is 1. The molecule has 0 bridgehead atoms. The normalized spacial score (nSPS) is 10.8. The maximum Gasteiger partial charge on any atom is 0.336 e. The number of fused-ring (bicyclic) bond motifs is 1. The molecular weight excluding hydrogens is 334 g/mol. The van der Waals surface area contributed by atoms with Crippen LogP contribution in [0.4, 0.5) is 0 Å². The van der Waals surface area contributed by atoms with Gasteiger partial charge in [-0.1, -0.05) is 11.6 Å². The molecule has 0 aliphatic rings. The van der Waals surface area contributed by atoms with Crippen LogP contribution >= 0.6 is 0 Å². The molecule has 3 aromatic rings. The molecule has 2 N–H and O–H groups in total. The highest BCUT2D eigenvalue weighted by Gasteiger charge is 2.16. The summed E-state index contributed by atoms with van der Waals surface area (Å²) in [5, 5.41) is 0.307. The lowest BCUT2D eigenvalue weighted by Crippen LogP contribution is -2.41. The van der Waals surface area contributed by atoms with Gasteiger partial charge in [-0.15, -0.1) is 0 Å². The van der Waals surface area contributed by atoms with Gasteiger partial charge in [-0.25, -0.2) is 9.36 Å². The molecule has 0 spiro atoms. The van der Waals surface area contributed by atoms with E-state index in [0.717, 1.165) is 10.1 Å². The van der Waals surface area contributed by atoms with Gasteiger partial charge in [0, 0.05) is 5.56 Å². The number of hydrogen-bond acceptors (Lipinski definition) is 4. The van der Waals surface area contributed by atoms with Crippen molar-refractivity contribution in [3.63, 3.8) is 0 Å². The lowest BCUT2D eigenvalue weighted by Gasteiger charge is -2.13. The van der Waals surface area contributed by atoms with Crippen molar-refractivity contribution in [2.75, 3.05) is 0 Å². The van der Waals surface area contributed by atoms with Gasteiger partial charge in [0.05, 0.1) is 16.6 Å². The lowest BCUT2D eigenvalue weighted by molar-refractivity contribution is -0.118. The third kappa shape index (κ3) is 2.95. The van der Waals surface area contributed by atoms with E-state index in [2.05, 4.69) is 0 Å². The number of benzene rings is 2. The second-order valence-corrected chi connectivity index (χ2v) is 6.10. The van der Waals surface area contributed by atoms with Crippen molar-refractivity contribution < 1.29 is 9.59 Å². The number of nitrogens with zero attached hydrogens (tertiary/aromatic N) is 2. The van der Waals surface area contributed by atoms with Crippen molar-refractivity contribution >= 4 is 22.6 Å². The summed E-state index contributed by atoms with van der Waals surface area (Å²) in [6, 6.07) is 11.2. The molecular formula is C19H17N3O4. The Balaban J connectivity index is 2.38. The van der Waals surface area contributed by atoms with Gasteiger partial charge in [-0.2, -0.15) is 0 Å². The Morgan fingerprint density at radius 2 is 1.69 bits per heavy atom. The molecule has 1 heterocycles. The Morgan fingerprint density at radius 3 is 2.27 bits per heavy atom. The first-order chi connectivity index (χ1) is 12.3. The zero-order valence-electron chi connectivity index (χ0n) is 14.4. The second kappa shape index (κ2) is 6.44. The number of aromatic nitrogens is 2. The molecule has 0 atom stereocenters. The minimum atomic E-state index is -0.689. The molecule has 0 fully saturated rings. The molecule has 0 radical (unpaired) electrons. The highest BCUT2D eigenvalue weighted by molar-refractivity contribution is 5.94. The second-order valence-electron chi connectivity index (χ2n) is 6.10. The first-order valence-electron chi connectivity index (χ1n) is 7.95. The number of carbonyl (C=O) groups excluding carboxylic acids is 2. The van der Waals surface area contributed by atoms with Gasteiger partial charge in [-0.3, -0.25) is 19.0 Å². The Labute approximate surface area is 148 Å². The monoisotopic (exact) mass is 351 g/mol. The van der Waals surface area contributed by atoms with Crippen LogP contribution in [0.3, 0.4) is 0 Å². The average molecular weight is 351 g/mol. The van der Waals surface area contributed by atoms with Gasteiger partial charge < -0.3 is 5.73 Å². The zero-order valence-corrected chi connectivity index (χ0v) is 14.4. The smallest absolute Gasteiger partial charge is 0.336 e. The summed E-state index contributed by atoms with van der Waals surface area (Å²) in [6.07, 6.45) is 0. The molecule has 0 aliphatic heterocycles. The van der Waals surface area contributed by atoms with Crippen LogP contribution in [0, 0.1) is 6.92 Å². The summed E-state index contributed by atoms with van der Waals surface area (Å²) in [4.78, 5) is 48.7. The fraction of sp³-hybridized carbons (Fsp3) is 0.158. The van der Waals surface area contributed by atoms with Gasteiger partial charge in [0.1, 0.15) is 6.54 Å². The highest BCUT2D eigenvalue weighted by Crippen LogP contribution is 2.13. The van der Waals surface area contributed by atoms with Crippen LogP contribution in [-0.4, -0.2) is 20.8 Å². The standard InChI is InChI=1S/C19H17N3O4/c1-11-3-8-16-15(9-11)18(25)22(19(26)21(16)10-17(20)24)14-6-4-13(5-7-14)12(2)23/h3-9H,10H2,1-2H3,(H2,20,24). The topological polar surface area (TPSA) is 104 Å². The Hall–Kier alpha value is -3.48. The zero-order chi connectivity index (χ0) is 19.0. The number of carbonyl (C=O) groups is 2. The molecule has 0 aliphatic carbocycles. The van der Waals surface area contributed by atoms with Crippen molar-refractivity contribution in [3.05, 3.63) is 74.4 Å². The first kappa shape index (κ1) is 17.3. The van der Waals surface area contributed by atoms with E-state index >= 15 is 0 Å². The average Bonchev–Trinajstić information content (AvgIpc) is 2.59. The molecule has 7 heteroatoms. The van der Waals surface area contributed by atoms with Crippen LogP contribution < -0.4 is 17.0 Å². The molecule has 132 valence electrons. The van der Waals surface area contributed by atoms with Crippen LogP contribution in [0.15, 0.2) is 52.1 Å². The molecule has 0 saturated heterocycles. The molecule has 26 heavy (non-hydrogen) atoms. The van der Waals surface area contributed by atoms with E-state index in [0.29, 0.717) is 22.2 Å². The summed E-state index contributed by atoms with van der Waals surface area (Å²) < 4.78 is 2.16. The molecule has 7 nitrogen and oxygen atoms in total. The molecule has 0 saturated carbocycles. The van der Waals surface area contributed by atoms with Gasteiger partial charge in [-0.05, 0) is 50.2 Å². The summed E-state index contributed by atoms with van der Waals surface area (Å²) in [6.45, 7) is 2.92. The largest absolute Gasteiger partial charge is 0.368 e. The molecule has 1 amide bonds. The quantitative estimate of drug-likeness (QED) is 0.712. The number of nitrogens with two attached hydrogens (primary N) is 1. The van der Waals surface area contributed by atoms with Crippen molar-refractivity contribution in [2.24, 2.45) is 5.73 Å². The molecule has 3 rings (SSSR count). The molecule has 1 aromatic heterocycles. The summed E-state index contributed by atoms with van der Waals surface area (Å²) >= 11 is 0. The van der Waals surface area contributed by atoms with Crippen molar-refractivity contribution in [3.8, 4) is 5.69 Å². The van der Waals surface area contributed by atoms with Gasteiger partial charge in [0.15, 0.2) is 5.78 Å². The number of aryl methyl sites for hydroxylation is 1. The number of ketones is 1. The Kier molecular flexibility index (Phi) is 4.29. The maximum absolute atomic E-state index is 12.9. The van der Waals surface area contributed by atoms with E-state index in [-0.39, 0.29) is 12.3 Å². The Bertz CT molecular complexity index is 1150. The van der Waals surface area contributed by atoms with Crippen LogP contribution in [-0.2, 0) is 11.3 Å². The van der Waals surface area contributed by atoms with E-state index in [1.807, 2.05) is 6.92 Å². The lowest BCUT2D eigenvalue weighted by atomic mass is 10.1. The van der Waals surface area contributed by atoms with Gasteiger partial charge in [0.2, 0.25) is 5.91 Å². The SMILES string of the molecule is CC(=O)c1ccc(-n2c(=O)c3cc(C)ccc3n(CC(N)=O)c2=O)cc1. The predicted molar refractivity (Wildman–Crippen MR) is 97.7 cm³/mol.